The number of para-hydroxylation sites is 1. The molecule has 0 aliphatic carbocycles. The summed E-state index contributed by atoms with van der Waals surface area (Å²) in [4.78, 5) is 5.30. The van der Waals surface area contributed by atoms with Crippen LogP contribution in [0.3, 0.4) is 0 Å². The van der Waals surface area contributed by atoms with Crippen molar-refractivity contribution in [1.82, 2.24) is 14.1 Å². The summed E-state index contributed by atoms with van der Waals surface area (Å²) in [6.07, 6.45) is 0. The Hall–Kier alpha value is -7.51. The second-order valence-electron chi connectivity index (χ2n) is 22.4. The molecule has 0 atom stereocenters. The van der Waals surface area contributed by atoms with Crippen LogP contribution in [0.5, 0.6) is 0 Å². The molecule has 13 rings (SSSR count). The minimum atomic E-state index is -0.0663. The maximum atomic E-state index is 7.30. The van der Waals surface area contributed by atoms with Crippen molar-refractivity contribution in [3.8, 4) is 28.2 Å². The van der Waals surface area contributed by atoms with Crippen LogP contribution in [0.15, 0.2) is 148 Å². The van der Waals surface area contributed by atoms with Crippen LogP contribution in [0.1, 0.15) is 79.0 Å². The van der Waals surface area contributed by atoms with Crippen molar-refractivity contribution in [1.29, 1.82) is 0 Å². The van der Waals surface area contributed by atoms with Crippen LogP contribution in [0.25, 0.3) is 105 Å². The lowest BCUT2D eigenvalue weighted by atomic mass is 9.58. The standard InChI is InChI=1S/C62H54BN4O2/c1-60(2,3)35-20-24-38(25-21-35)64-45-32-52-41(40-28-37(62(7,8)9)23-27-51(40)68-52)30-42(45)55-56-57-53(54-39-18-14-15-19-50(39)69-58(54)55)43-29-36(61(4,5)6)22-26-47(43)67(57)48-33-49-46(31-44(48)63-56)65-59(66(49)10)34-16-12-11-13-17-34/h11-33,64H,1-10H3. The van der Waals surface area contributed by atoms with Gasteiger partial charge in [-0.3, -0.25) is 0 Å². The van der Waals surface area contributed by atoms with E-state index in [4.69, 9.17) is 13.8 Å². The summed E-state index contributed by atoms with van der Waals surface area (Å²) in [5.41, 5.74) is 19.9. The zero-order valence-electron chi connectivity index (χ0n) is 41.0. The minimum Gasteiger partial charge on any atom is -0.456 e. The second kappa shape index (κ2) is 14.3. The van der Waals surface area contributed by atoms with E-state index in [0.717, 1.165) is 116 Å². The Bertz CT molecular complexity index is 4120. The van der Waals surface area contributed by atoms with E-state index in [-0.39, 0.29) is 16.2 Å². The Morgan fingerprint density at radius 1 is 0.551 bits per heavy atom. The third-order valence-electron chi connectivity index (χ3n) is 14.8. The zero-order valence-corrected chi connectivity index (χ0v) is 41.0. The predicted octanol–water partition coefficient (Wildman–Crippen LogP) is 15.4. The molecule has 12 aromatic rings. The first-order valence-corrected chi connectivity index (χ1v) is 24.3. The van der Waals surface area contributed by atoms with Gasteiger partial charge >= 0.3 is 0 Å². The fourth-order valence-electron chi connectivity index (χ4n) is 11.0. The van der Waals surface area contributed by atoms with Crippen LogP contribution in [-0.2, 0) is 23.3 Å². The van der Waals surface area contributed by atoms with Crippen molar-refractivity contribution in [2.24, 2.45) is 7.05 Å². The van der Waals surface area contributed by atoms with Gasteiger partial charge in [0.2, 0.25) is 0 Å². The Balaban J connectivity index is 1.18. The quantitative estimate of drug-likeness (QED) is 0.179. The van der Waals surface area contributed by atoms with Gasteiger partial charge in [0.25, 0.3) is 0 Å². The molecule has 7 heteroatoms. The first-order valence-electron chi connectivity index (χ1n) is 24.3. The van der Waals surface area contributed by atoms with Gasteiger partial charge in [-0.25, -0.2) is 4.98 Å². The molecule has 6 nitrogen and oxygen atoms in total. The van der Waals surface area contributed by atoms with E-state index < -0.39 is 0 Å². The summed E-state index contributed by atoms with van der Waals surface area (Å²) in [5, 5.41) is 10.7. The summed E-state index contributed by atoms with van der Waals surface area (Å²) >= 11 is 0. The number of nitrogens with one attached hydrogen (secondary N) is 1. The van der Waals surface area contributed by atoms with Crippen LogP contribution in [0.2, 0.25) is 0 Å². The number of fused-ring (bicyclic) bond motifs is 13. The molecule has 1 radical (unpaired) electrons. The molecule has 0 spiro atoms. The summed E-state index contributed by atoms with van der Waals surface area (Å²) in [5.74, 6) is 0.939. The molecule has 1 N–H and O–H groups in total. The van der Waals surface area contributed by atoms with E-state index >= 15 is 0 Å². The number of hydrogen-bond donors (Lipinski definition) is 1. The van der Waals surface area contributed by atoms with Gasteiger partial charge in [0.1, 0.15) is 28.2 Å². The number of rotatable bonds is 4. The molecule has 0 unspecified atom stereocenters. The maximum Gasteiger partial charge on any atom is 0.198 e. The van der Waals surface area contributed by atoms with Gasteiger partial charge in [-0.15, -0.1) is 0 Å². The van der Waals surface area contributed by atoms with Gasteiger partial charge in [-0.2, -0.15) is 0 Å². The lowest BCUT2D eigenvalue weighted by Crippen LogP contribution is -2.37. The third-order valence-corrected chi connectivity index (χ3v) is 14.8. The van der Waals surface area contributed by atoms with Crippen LogP contribution < -0.4 is 16.2 Å². The van der Waals surface area contributed by atoms with Crippen molar-refractivity contribution >= 4 is 106 Å². The fraction of sp³-hybridized carbons (Fsp3) is 0.210. The highest BCUT2D eigenvalue weighted by Crippen LogP contribution is 2.49. The number of aromatic nitrogens is 3. The number of aryl methyl sites for hydroxylation is 1. The Labute approximate surface area is 402 Å². The first-order chi connectivity index (χ1) is 33.0. The molecular weight excluding hydrogens is 844 g/mol. The highest BCUT2D eigenvalue weighted by Gasteiger charge is 2.34. The summed E-state index contributed by atoms with van der Waals surface area (Å²) < 4.78 is 18.8. The van der Waals surface area contributed by atoms with Crippen LogP contribution in [0, 0.1) is 0 Å². The highest BCUT2D eigenvalue weighted by molar-refractivity contribution is 6.74. The Morgan fingerprint density at radius 3 is 1.94 bits per heavy atom. The van der Waals surface area contributed by atoms with Crippen LogP contribution >= 0.6 is 0 Å². The number of anilines is 2. The predicted molar refractivity (Wildman–Crippen MR) is 291 cm³/mol. The molecule has 0 bridgehead atoms. The van der Waals surface area contributed by atoms with Gasteiger partial charge in [0, 0.05) is 79.0 Å². The van der Waals surface area contributed by atoms with Crippen molar-refractivity contribution in [2.75, 3.05) is 5.32 Å². The molecule has 4 aromatic heterocycles. The molecule has 0 saturated carbocycles. The average molecular weight is 898 g/mol. The lowest BCUT2D eigenvalue weighted by Gasteiger charge is -2.24. The largest absolute Gasteiger partial charge is 0.456 e. The highest BCUT2D eigenvalue weighted by atomic mass is 16.3. The smallest absolute Gasteiger partial charge is 0.198 e. The molecule has 0 amide bonds. The Kier molecular flexibility index (Phi) is 8.62. The summed E-state index contributed by atoms with van der Waals surface area (Å²) in [6, 6.07) is 50.9. The van der Waals surface area contributed by atoms with Crippen molar-refractivity contribution in [3.05, 3.63) is 156 Å². The van der Waals surface area contributed by atoms with Crippen molar-refractivity contribution in [3.63, 3.8) is 0 Å². The summed E-state index contributed by atoms with van der Waals surface area (Å²) in [6.45, 7) is 20.5. The molecule has 69 heavy (non-hydrogen) atoms. The second-order valence-corrected chi connectivity index (χ2v) is 22.4. The Morgan fingerprint density at radius 2 is 1.20 bits per heavy atom. The van der Waals surface area contributed by atoms with Gasteiger partial charge in [0.15, 0.2) is 7.28 Å². The number of furan rings is 2. The zero-order chi connectivity index (χ0) is 47.5. The molecule has 8 aromatic carbocycles. The summed E-state index contributed by atoms with van der Waals surface area (Å²) in [7, 11) is 4.53. The van der Waals surface area contributed by atoms with Gasteiger partial charge < -0.3 is 23.3 Å². The number of nitrogens with zero attached hydrogens (tertiary/aromatic N) is 3. The monoisotopic (exact) mass is 897 g/mol. The molecular formula is C62H54BN4O2. The number of hydrogen-bond acceptors (Lipinski definition) is 4. The molecule has 1 aliphatic heterocycles. The van der Waals surface area contributed by atoms with E-state index in [9.17, 15) is 0 Å². The number of benzene rings is 8. The van der Waals surface area contributed by atoms with Crippen LogP contribution in [0.4, 0.5) is 11.4 Å². The van der Waals surface area contributed by atoms with Crippen molar-refractivity contribution < 1.29 is 8.83 Å². The molecule has 5 heterocycles. The SMILES string of the molecule is Cn1c(-c2ccccc2)nc2cc3c(cc21)-n1c2ccc(C(C)(C)C)cc2c2c4c(oc5ccccc54)c(-c4cc5c(cc4Nc4ccc(C(C)(C)C)cc4)oc4ccc(C(C)(C)C)cc45)c(c21)[B]3. The number of imidazole rings is 1. The van der Waals surface area contributed by atoms with Crippen molar-refractivity contribution in [2.45, 2.75) is 78.6 Å². The third kappa shape index (κ3) is 6.28. The van der Waals surface area contributed by atoms with E-state index in [2.05, 4.69) is 231 Å². The lowest BCUT2D eigenvalue weighted by molar-refractivity contribution is 0.590. The fourth-order valence-corrected chi connectivity index (χ4v) is 11.0. The topological polar surface area (TPSA) is 61.1 Å². The van der Waals surface area contributed by atoms with E-state index in [1.54, 1.807) is 0 Å². The van der Waals surface area contributed by atoms with E-state index in [0.29, 0.717) is 0 Å². The van der Waals surface area contributed by atoms with E-state index in [1.165, 1.54) is 27.5 Å². The van der Waals surface area contributed by atoms with Gasteiger partial charge in [-0.1, -0.05) is 141 Å². The van der Waals surface area contributed by atoms with Gasteiger partial charge in [0.05, 0.1) is 22.2 Å². The van der Waals surface area contributed by atoms with Gasteiger partial charge in [-0.05, 0) is 99.1 Å². The van der Waals surface area contributed by atoms with Crippen LogP contribution in [-0.4, -0.2) is 21.4 Å². The van der Waals surface area contributed by atoms with E-state index in [1.807, 2.05) is 0 Å². The average Bonchev–Trinajstić information content (AvgIpc) is 4.06. The first kappa shape index (κ1) is 41.7. The molecule has 0 fully saturated rings. The molecule has 1 aliphatic rings. The molecule has 0 saturated heterocycles. The normalized spacial score (nSPS) is 13.2. The minimum absolute atomic E-state index is 0.0238. The maximum absolute atomic E-state index is 7.30. The molecule has 337 valence electrons.